The van der Waals surface area contributed by atoms with E-state index in [9.17, 15) is 4.79 Å². The van der Waals surface area contributed by atoms with Crippen LogP contribution in [0, 0.1) is 0 Å². The molecule has 0 unspecified atom stereocenters. The molecule has 0 heterocycles. The van der Waals surface area contributed by atoms with E-state index in [0.717, 1.165) is 22.2 Å². The van der Waals surface area contributed by atoms with E-state index in [1.165, 1.54) is 5.56 Å². The Labute approximate surface area is 149 Å². The third-order valence-corrected chi connectivity index (χ3v) is 3.90. The normalized spacial score (nSPS) is 10.6. The molecule has 126 valence electrons. The van der Waals surface area contributed by atoms with Gasteiger partial charge in [-0.1, -0.05) is 13.0 Å². The highest BCUT2D eigenvalue weighted by Crippen LogP contribution is 2.26. The molecule has 0 atom stereocenters. The van der Waals surface area contributed by atoms with Crippen LogP contribution < -0.4 is 14.9 Å². The highest BCUT2D eigenvalue weighted by atomic mass is 79.9. The Morgan fingerprint density at radius 2 is 2.00 bits per heavy atom. The molecule has 2 rings (SSSR count). The molecule has 0 bridgehead atoms. The highest BCUT2D eigenvalue weighted by molar-refractivity contribution is 9.10. The van der Waals surface area contributed by atoms with Gasteiger partial charge in [0.2, 0.25) is 0 Å². The Kier molecular flexibility index (Phi) is 6.81. The first kappa shape index (κ1) is 18.0. The van der Waals surface area contributed by atoms with E-state index in [4.69, 9.17) is 9.47 Å². The van der Waals surface area contributed by atoms with E-state index in [-0.39, 0.29) is 12.5 Å². The van der Waals surface area contributed by atoms with Crippen molar-refractivity contribution in [2.45, 2.75) is 13.3 Å². The fourth-order valence-corrected chi connectivity index (χ4v) is 2.47. The van der Waals surface area contributed by atoms with Crippen LogP contribution in [0.5, 0.6) is 11.5 Å². The standard InChI is InChI=1S/C18H19BrN2O3/c1-3-13-6-9-17(16(19)10-13)24-12-18(22)21-20-11-14-4-7-15(23-2)8-5-14/h4-11H,3,12H2,1-2H3,(H,21,22). The average molecular weight is 391 g/mol. The van der Waals surface area contributed by atoms with Crippen LogP contribution in [0.2, 0.25) is 0 Å². The molecule has 0 spiro atoms. The summed E-state index contributed by atoms with van der Waals surface area (Å²) >= 11 is 3.44. The number of ether oxygens (including phenoxy) is 2. The average Bonchev–Trinajstić information content (AvgIpc) is 2.61. The summed E-state index contributed by atoms with van der Waals surface area (Å²) in [7, 11) is 1.61. The summed E-state index contributed by atoms with van der Waals surface area (Å²) in [6, 6.07) is 13.1. The first-order valence-electron chi connectivity index (χ1n) is 7.49. The molecule has 1 N–H and O–H groups in total. The molecule has 0 fully saturated rings. The van der Waals surface area contributed by atoms with Gasteiger partial charge in [0.15, 0.2) is 6.61 Å². The van der Waals surface area contributed by atoms with Gasteiger partial charge in [-0.3, -0.25) is 4.79 Å². The second-order valence-corrected chi connectivity index (χ2v) is 5.83. The summed E-state index contributed by atoms with van der Waals surface area (Å²) < 4.78 is 11.4. The van der Waals surface area contributed by atoms with Crippen LogP contribution in [0.4, 0.5) is 0 Å². The molecule has 0 saturated heterocycles. The molecular weight excluding hydrogens is 372 g/mol. The van der Waals surface area contributed by atoms with Crippen LogP contribution in [0.3, 0.4) is 0 Å². The monoisotopic (exact) mass is 390 g/mol. The lowest BCUT2D eigenvalue weighted by molar-refractivity contribution is -0.123. The number of methoxy groups -OCH3 is 1. The van der Waals surface area contributed by atoms with Crippen molar-refractivity contribution in [1.82, 2.24) is 5.43 Å². The number of hydrogen-bond donors (Lipinski definition) is 1. The van der Waals surface area contributed by atoms with Crippen LogP contribution in [0.25, 0.3) is 0 Å². The van der Waals surface area contributed by atoms with Crippen LogP contribution >= 0.6 is 15.9 Å². The fraction of sp³-hybridized carbons (Fsp3) is 0.222. The van der Waals surface area contributed by atoms with Crippen molar-refractivity contribution >= 4 is 28.1 Å². The number of rotatable bonds is 7. The Balaban J connectivity index is 1.81. The molecule has 0 aromatic heterocycles. The third-order valence-electron chi connectivity index (χ3n) is 3.28. The Bertz CT molecular complexity index is 715. The van der Waals surface area contributed by atoms with Crippen molar-refractivity contribution in [3.8, 4) is 11.5 Å². The van der Waals surface area contributed by atoms with E-state index in [0.29, 0.717) is 5.75 Å². The first-order chi connectivity index (χ1) is 11.6. The van der Waals surface area contributed by atoms with E-state index in [2.05, 4.69) is 33.4 Å². The van der Waals surface area contributed by atoms with Crippen molar-refractivity contribution in [1.29, 1.82) is 0 Å². The molecule has 2 aromatic rings. The van der Waals surface area contributed by atoms with Crippen LogP contribution in [-0.2, 0) is 11.2 Å². The number of aryl methyl sites for hydroxylation is 1. The summed E-state index contributed by atoms with van der Waals surface area (Å²) in [4.78, 5) is 11.8. The zero-order valence-electron chi connectivity index (χ0n) is 13.6. The first-order valence-corrected chi connectivity index (χ1v) is 8.29. The van der Waals surface area contributed by atoms with Gasteiger partial charge in [0.05, 0.1) is 17.8 Å². The van der Waals surface area contributed by atoms with E-state index in [1.54, 1.807) is 13.3 Å². The maximum absolute atomic E-state index is 11.8. The third kappa shape index (κ3) is 5.38. The number of halogens is 1. The van der Waals surface area contributed by atoms with Gasteiger partial charge in [-0.05, 0) is 69.9 Å². The number of carbonyl (C=O) groups excluding carboxylic acids is 1. The summed E-state index contributed by atoms with van der Waals surface area (Å²) in [6.07, 6.45) is 2.50. The Morgan fingerprint density at radius 3 is 2.62 bits per heavy atom. The second kappa shape index (κ2) is 9.08. The molecule has 6 heteroatoms. The topological polar surface area (TPSA) is 59.9 Å². The largest absolute Gasteiger partial charge is 0.497 e. The smallest absolute Gasteiger partial charge is 0.277 e. The molecule has 2 aromatic carbocycles. The van der Waals surface area contributed by atoms with Crippen molar-refractivity contribution in [2.24, 2.45) is 5.10 Å². The summed E-state index contributed by atoms with van der Waals surface area (Å²) in [6.45, 7) is 1.97. The van der Waals surface area contributed by atoms with Gasteiger partial charge >= 0.3 is 0 Å². The summed E-state index contributed by atoms with van der Waals surface area (Å²) in [5.74, 6) is 1.07. The van der Waals surface area contributed by atoms with Gasteiger partial charge < -0.3 is 9.47 Å². The minimum atomic E-state index is -0.328. The van der Waals surface area contributed by atoms with Crippen LogP contribution in [0.15, 0.2) is 52.0 Å². The molecule has 24 heavy (non-hydrogen) atoms. The molecular formula is C18H19BrN2O3. The molecule has 0 saturated carbocycles. The lowest BCUT2D eigenvalue weighted by Gasteiger charge is -2.08. The molecule has 0 aliphatic rings. The van der Waals surface area contributed by atoms with Gasteiger partial charge in [0.1, 0.15) is 11.5 Å². The lowest BCUT2D eigenvalue weighted by atomic mass is 10.2. The van der Waals surface area contributed by atoms with E-state index in [1.807, 2.05) is 42.5 Å². The number of nitrogens with zero attached hydrogens (tertiary/aromatic N) is 1. The zero-order chi connectivity index (χ0) is 17.4. The SMILES string of the molecule is CCc1ccc(OCC(=O)NN=Cc2ccc(OC)cc2)c(Br)c1. The zero-order valence-corrected chi connectivity index (χ0v) is 15.2. The van der Waals surface area contributed by atoms with E-state index < -0.39 is 0 Å². The maximum atomic E-state index is 11.8. The second-order valence-electron chi connectivity index (χ2n) is 4.97. The van der Waals surface area contributed by atoms with Crippen molar-refractivity contribution in [3.63, 3.8) is 0 Å². The number of nitrogens with one attached hydrogen (secondary N) is 1. The predicted molar refractivity (Wildman–Crippen MR) is 97.7 cm³/mol. The number of hydrogen-bond acceptors (Lipinski definition) is 4. The van der Waals surface area contributed by atoms with Crippen molar-refractivity contribution in [2.75, 3.05) is 13.7 Å². The fourth-order valence-electron chi connectivity index (χ4n) is 1.93. The Morgan fingerprint density at radius 1 is 1.25 bits per heavy atom. The Hall–Kier alpha value is -2.34. The predicted octanol–water partition coefficient (Wildman–Crippen LogP) is 3.55. The summed E-state index contributed by atoms with van der Waals surface area (Å²) in [5.41, 5.74) is 4.48. The maximum Gasteiger partial charge on any atom is 0.277 e. The summed E-state index contributed by atoms with van der Waals surface area (Å²) in [5, 5.41) is 3.90. The molecule has 0 aliphatic carbocycles. The lowest BCUT2D eigenvalue weighted by Crippen LogP contribution is -2.24. The number of amides is 1. The number of carbonyl (C=O) groups is 1. The van der Waals surface area contributed by atoms with Gasteiger partial charge in [-0.25, -0.2) is 5.43 Å². The van der Waals surface area contributed by atoms with Gasteiger partial charge in [0, 0.05) is 0 Å². The highest BCUT2D eigenvalue weighted by Gasteiger charge is 2.05. The van der Waals surface area contributed by atoms with Crippen LogP contribution in [-0.4, -0.2) is 25.8 Å². The van der Waals surface area contributed by atoms with Gasteiger partial charge in [-0.2, -0.15) is 5.10 Å². The molecule has 1 amide bonds. The molecule has 0 aliphatic heterocycles. The number of benzene rings is 2. The van der Waals surface area contributed by atoms with Crippen molar-refractivity contribution in [3.05, 3.63) is 58.1 Å². The molecule has 0 radical (unpaired) electrons. The van der Waals surface area contributed by atoms with E-state index >= 15 is 0 Å². The quantitative estimate of drug-likeness (QED) is 0.580. The van der Waals surface area contributed by atoms with Gasteiger partial charge in [0.25, 0.3) is 5.91 Å². The number of hydrazone groups is 1. The molecule has 5 nitrogen and oxygen atoms in total. The van der Waals surface area contributed by atoms with Crippen molar-refractivity contribution < 1.29 is 14.3 Å². The minimum absolute atomic E-state index is 0.107. The van der Waals surface area contributed by atoms with Crippen LogP contribution in [0.1, 0.15) is 18.1 Å². The van der Waals surface area contributed by atoms with Gasteiger partial charge in [-0.15, -0.1) is 0 Å². The minimum Gasteiger partial charge on any atom is -0.497 e.